The number of imidazole rings is 1. The van der Waals surface area contributed by atoms with Crippen LogP contribution >= 0.6 is 0 Å². The topological polar surface area (TPSA) is 47.8 Å². The van der Waals surface area contributed by atoms with E-state index in [4.69, 9.17) is 0 Å². The highest BCUT2D eigenvalue weighted by molar-refractivity contribution is 6.13. The summed E-state index contributed by atoms with van der Waals surface area (Å²) < 4.78 is 1.71. The lowest BCUT2D eigenvalue weighted by Gasteiger charge is -2.04. The summed E-state index contributed by atoms with van der Waals surface area (Å²) in [5.41, 5.74) is 1.30. The first kappa shape index (κ1) is 10.7. The van der Waals surface area contributed by atoms with Crippen molar-refractivity contribution in [2.45, 2.75) is 0 Å². The average Bonchev–Trinajstić information content (AvgIpc) is 2.83. The van der Waals surface area contributed by atoms with Crippen molar-refractivity contribution >= 4 is 16.7 Å². The van der Waals surface area contributed by atoms with Gasteiger partial charge in [-0.3, -0.25) is 9.78 Å². The summed E-state index contributed by atoms with van der Waals surface area (Å²) in [5, 5.41) is 0.956. The molecular formula is C14H11N3O. The summed E-state index contributed by atoms with van der Waals surface area (Å²) in [5.74, 6) is 0.319. The number of ketones is 1. The van der Waals surface area contributed by atoms with Crippen LogP contribution in [0.1, 0.15) is 16.2 Å². The van der Waals surface area contributed by atoms with Crippen molar-refractivity contribution in [3.63, 3.8) is 0 Å². The second-order valence-corrected chi connectivity index (χ2v) is 4.07. The van der Waals surface area contributed by atoms with E-state index in [0.29, 0.717) is 16.9 Å². The smallest absolute Gasteiger partial charge is 0.230 e. The zero-order valence-corrected chi connectivity index (χ0v) is 9.87. The summed E-state index contributed by atoms with van der Waals surface area (Å²) in [7, 11) is 1.80. The van der Waals surface area contributed by atoms with Crippen molar-refractivity contribution < 1.29 is 4.79 Å². The van der Waals surface area contributed by atoms with Gasteiger partial charge in [0.25, 0.3) is 0 Å². The van der Waals surface area contributed by atoms with Gasteiger partial charge in [-0.2, -0.15) is 0 Å². The van der Waals surface area contributed by atoms with E-state index in [1.165, 1.54) is 0 Å². The fourth-order valence-electron chi connectivity index (χ4n) is 1.99. The van der Waals surface area contributed by atoms with E-state index in [1.807, 2.05) is 24.3 Å². The van der Waals surface area contributed by atoms with Crippen molar-refractivity contribution in [1.29, 1.82) is 0 Å². The van der Waals surface area contributed by atoms with E-state index >= 15 is 0 Å². The summed E-state index contributed by atoms with van der Waals surface area (Å²) in [6.45, 7) is 0. The quantitative estimate of drug-likeness (QED) is 0.642. The number of aromatic nitrogens is 3. The van der Waals surface area contributed by atoms with E-state index in [9.17, 15) is 4.79 Å². The third kappa shape index (κ3) is 1.59. The molecule has 0 bridgehead atoms. The molecule has 3 rings (SSSR count). The first-order chi connectivity index (χ1) is 8.77. The first-order valence-corrected chi connectivity index (χ1v) is 5.63. The van der Waals surface area contributed by atoms with E-state index in [2.05, 4.69) is 9.97 Å². The van der Waals surface area contributed by atoms with Crippen molar-refractivity contribution in [3.05, 3.63) is 60.3 Å². The number of nitrogens with zero attached hydrogens (tertiary/aromatic N) is 3. The predicted octanol–water partition coefficient (Wildman–Crippen LogP) is 2.20. The molecular weight excluding hydrogens is 226 g/mol. The van der Waals surface area contributed by atoms with Crippen LogP contribution in [-0.4, -0.2) is 20.3 Å². The molecule has 2 heterocycles. The fourth-order valence-corrected chi connectivity index (χ4v) is 1.99. The molecule has 3 aromatic rings. The molecule has 0 aliphatic heterocycles. The molecule has 0 saturated carbocycles. The number of para-hydroxylation sites is 1. The molecule has 0 aliphatic carbocycles. The summed E-state index contributed by atoms with van der Waals surface area (Å²) in [6, 6.07) is 9.39. The Balaban J connectivity index is 2.21. The number of fused-ring (bicyclic) bond motifs is 1. The number of carbonyl (C=O) groups excluding carboxylic acids is 1. The van der Waals surface area contributed by atoms with Crippen LogP contribution < -0.4 is 0 Å². The number of carbonyl (C=O) groups is 1. The van der Waals surface area contributed by atoms with Gasteiger partial charge in [0.05, 0.1) is 11.1 Å². The first-order valence-electron chi connectivity index (χ1n) is 5.63. The van der Waals surface area contributed by atoms with Crippen LogP contribution in [0.25, 0.3) is 10.9 Å². The Kier molecular flexibility index (Phi) is 2.41. The number of aryl methyl sites for hydroxylation is 1. The Morgan fingerprint density at radius 3 is 2.72 bits per heavy atom. The number of benzene rings is 1. The van der Waals surface area contributed by atoms with E-state index < -0.39 is 0 Å². The van der Waals surface area contributed by atoms with E-state index in [1.54, 1.807) is 36.3 Å². The van der Waals surface area contributed by atoms with Crippen molar-refractivity contribution in [2.75, 3.05) is 0 Å². The van der Waals surface area contributed by atoms with Crippen molar-refractivity contribution in [1.82, 2.24) is 14.5 Å². The van der Waals surface area contributed by atoms with E-state index in [0.717, 1.165) is 5.39 Å². The standard InChI is InChI=1S/C14H11N3O/c1-17-9-8-16-14(17)13(18)11-6-2-4-10-5-3-7-15-12(10)11/h2-9H,1H3. The lowest BCUT2D eigenvalue weighted by atomic mass is 10.1. The number of pyridine rings is 1. The van der Waals surface area contributed by atoms with Crippen LogP contribution in [0.5, 0.6) is 0 Å². The predicted molar refractivity (Wildman–Crippen MR) is 68.4 cm³/mol. The maximum Gasteiger partial charge on any atom is 0.230 e. The highest BCUT2D eigenvalue weighted by Crippen LogP contribution is 2.18. The molecule has 0 N–H and O–H groups in total. The average molecular weight is 237 g/mol. The van der Waals surface area contributed by atoms with Gasteiger partial charge < -0.3 is 4.57 Å². The highest BCUT2D eigenvalue weighted by atomic mass is 16.1. The molecule has 88 valence electrons. The van der Waals surface area contributed by atoms with Crippen LogP contribution in [0.15, 0.2) is 48.9 Å². The number of hydrogen-bond donors (Lipinski definition) is 0. The summed E-state index contributed by atoms with van der Waals surface area (Å²) >= 11 is 0. The van der Waals surface area contributed by atoms with Crippen LogP contribution in [0, 0.1) is 0 Å². The van der Waals surface area contributed by atoms with Crippen LogP contribution in [0.2, 0.25) is 0 Å². The zero-order valence-electron chi connectivity index (χ0n) is 9.87. The third-order valence-corrected chi connectivity index (χ3v) is 2.90. The molecule has 2 aromatic heterocycles. The Hall–Kier alpha value is -2.49. The van der Waals surface area contributed by atoms with Gasteiger partial charge in [0.1, 0.15) is 0 Å². The minimum absolute atomic E-state index is 0.105. The molecule has 18 heavy (non-hydrogen) atoms. The maximum absolute atomic E-state index is 12.4. The Bertz CT molecular complexity index is 725. The fraction of sp³-hybridized carbons (Fsp3) is 0.0714. The van der Waals surface area contributed by atoms with E-state index in [-0.39, 0.29) is 5.78 Å². The highest BCUT2D eigenvalue weighted by Gasteiger charge is 2.16. The SMILES string of the molecule is Cn1ccnc1C(=O)c1cccc2cccnc12. The van der Waals surface area contributed by atoms with Gasteiger partial charge in [-0.15, -0.1) is 0 Å². The zero-order chi connectivity index (χ0) is 12.5. The lowest BCUT2D eigenvalue weighted by molar-refractivity contribution is 0.102. The maximum atomic E-state index is 12.4. The number of hydrogen-bond acceptors (Lipinski definition) is 3. The molecule has 4 nitrogen and oxygen atoms in total. The molecule has 0 radical (unpaired) electrons. The molecule has 4 heteroatoms. The molecule has 0 unspecified atom stereocenters. The number of rotatable bonds is 2. The summed E-state index contributed by atoms with van der Waals surface area (Å²) in [6.07, 6.45) is 5.06. The minimum Gasteiger partial charge on any atom is -0.331 e. The van der Waals surface area contributed by atoms with Gasteiger partial charge in [0.15, 0.2) is 5.82 Å². The Morgan fingerprint density at radius 2 is 1.94 bits per heavy atom. The molecule has 0 saturated heterocycles. The van der Waals surface area contributed by atoms with Crippen LogP contribution in [0.3, 0.4) is 0 Å². The molecule has 1 aromatic carbocycles. The monoisotopic (exact) mass is 237 g/mol. The van der Waals surface area contributed by atoms with Crippen LogP contribution in [-0.2, 0) is 7.05 Å². The van der Waals surface area contributed by atoms with Gasteiger partial charge in [-0.1, -0.05) is 18.2 Å². The molecule has 0 atom stereocenters. The Morgan fingerprint density at radius 1 is 1.11 bits per heavy atom. The molecule has 0 amide bonds. The van der Waals surface area contributed by atoms with Gasteiger partial charge in [0.2, 0.25) is 5.78 Å². The molecule has 0 spiro atoms. The normalized spacial score (nSPS) is 10.7. The summed E-state index contributed by atoms with van der Waals surface area (Å²) in [4.78, 5) is 20.8. The molecule has 0 fully saturated rings. The van der Waals surface area contributed by atoms with Crippen molar-refractivity contribution in [3.8, 4) is 0 Å². The van der Waals surface area contributed by atoms with Gasteiger partial charge >= 0.3 is 0 Å². The second kappa shape index (κ2) is 4.07. The molecule has 0 aliphatic rings. The van der Waals surface area contributed by atoms with Gasteiger partial charge in [-0.05, 0) is 12.1 Å². The Labute approximate surface area is 104 Å². The van der Waals surface area contributed by atoms with Gasteiger partial charge in [-0.25, -0.2) is 4.98 Å². The third-order valence-electron chi connectivity index (χ3n) is 2.90. The van der Waals surface area contributed by atoms with Crippen molar-refractivity contribution in [2.24, 2.45) is 7.05 Å². The second-order valence-electron chi connectivity index (χ2n) is 4.07. The lowest BCUT2D eigenvalue weighted by Crippen LogP contribution is -2.09. The largest absolute Gasteiger partial charge is 0.331 e. The van der Waals surface area contributed by atoms with Gasteiger partial charge in [0, 0.05) is 31.0 Å². The minimum atomic E-state index is -0.105. The van der Waals surface area contributed by atoms with Crippen LogP contribution in [0.4, 0.5) is 0 Å².